The van der Waals surface area contributed by atoms with Gasteiger partial charge < -0.3 is 10.2 Å². The minimum Gasteiger partial charge on any atom is -0.356 e. The van der Waals surface area contributed by atoms with Crippen molar-refractivity contribution in [3.05, 3.63) is 35.6 Å². The first-order chi connectivity index (χ1) is 10.7. The number of nitrogens with zero attached hydrogens (tertiary/aromatic N) is 1. The van der Waals surface area contributed by atoms with Crippen LogP contribution in [-0.2, 0) is 16.0 Å². The van der Waals surface area contributed by atoms with Gasteiger partial charge in [0.25, 0.3) is 0 Å². The molecule has 2 amide bonds. The fourth-order valence-corrected chi connectivity index (χ4v) is 2.67. The highest BCUT2D eigenvalue weighted by Crippen LogP contribution is 2.10. The Hall–Kier alpha value is -1.91. The van der Waals surface area contributed by atoms with Gasteiger partial charge in [-0.2, -0.15) is 0 Å². The van der Waals surface area contributed by atoms with E-state index >= 15 is 0 Å². The Morgan fingerprint density at radius 3 is 2.82 bits per heavy atom. The van der Waals surface area contributed by atoms with Crippen LogP contribution in [0.1, 0.15) is 37.7 Å². The second-order valence-electron chi connectivity index (χ2n) is 5.63. The van der Waals surface area contributed by atoms with Crippen LogP contribution in [0.15, 0.2) is 24.3 Å². The van der Waals surface area contributed by atoms with Crippen molar-refractivity contribution in [2.75, 3.05) is 19.6 Å². The topological polar surface area (TPSA) is 49.4 Å². The minimum absolute atomic E-state index is 0.000166. The van der Waals surface area contributed by atoms with Crippen molar-refractivity contribution in [3.63, 3.8) is 0 Å². The van der Waals surface area contributed by atoms with Gasteiger partial charge in [-0.05, 0) is 37.3 Å². The molecule has 2 rings (SSSR count). The van der Waals surface area contributed by atoms with E-state index in [0.717, 1.165) is 19.4 Å². The largest absolute Gasteiger partial charge is 0.356 e. The average Bonchev–Trinajstić information content (AvgIpc) is 2.91. The second-order valence-corrected chi connectivity index (χ2v) is 5.63. The van der Waals surface area contributed by atoms with Gasteiger partial charge >= 0.3 is 0 Å². The van der Waals surface area contributed by atoms with Crippen molar-refractivity contribution in [2.24, 2.45) is 0 Å². The Bertz CT molecular complexity index is 519. The van der Waals surface area contributed by atoms with Crippen LogP contribution in [-0.4, -0.2) is 36.3 Å². The lowest BCUT2D eigenvalue weighted by molar-refractivity contribution is -0.128. The molecular formula is C17H23FN2O2. The van der Waals surface area contributed by atoms with Crippen LogP contribution in [0, 0.1) is 5.82 Å². The van der Waals surface area contributed by atoms with E-state index in [2.05, 4.69) is 5.32 Å². The van der Waals surface area contributed by atoms with Gasteiger partial charge in [-0.15, -0.1) is 0 Å². The van der Waals surface area contributed by atoms with Crippen LogP contribution >= 0.6 is 0 Å². The van der Waals surface area contributed by atoms with Gasteiger partial charge in [-0.25, -0.2) is 4.39 Å². The SMILES string of the molecule is O=C(CCCN1CCCC1=O)NCCCc1ccccc1F. The molecule has 1 aliphatic rings. The van der Waals surface area contributed by atoms with E-state index in [4.69, 9.17) is 0 Å². The molecular weight excluding hydrogens is 283 g/mol. The monoisotopic (exact) mass is 306 g/mol. The summed E-state index contributed by atoms with van der Waals surface area (Å²) in [5.74, 6) is 0.00887. The number of hydrogen-bond acceptors (Lipinski definition) is 2. The molecule has 0 aliphatic carbocycles. The van der Waals surface area contributed by atoms with Crippen LogP contribution in [0.3, 0.4) is 0 Å². The van der Waals surface area contributed by atoms with Crippen LogP contribution in [0.4, 0.5) is 4.39 Å². The molecule has 22 heavy (non-hydrogen) atoms. The van der Waals surface area contributed by atoms with Crippen molar-refractivity contribution in [3.8, 4) is 0 Å². The molecule has 0 spiro atoms. The third kappa shape index (κ3) is 5.13. The van der Waals surface area contributed by atoms with E-state index in [1.54, 1.807) is 12.1 Å². The van der Waals surface area contributed by atoms with Gasteiger partial charge in [0.2, 0.25) is 11.8 Å². The first-order valence-corrected chi connectivity index (χ1v) is 7.94. The van der Waals surface area contributed by atoms with Gasteiger partial charge in [0.05, 0.1) is 0 Å². The Morgan fingerprint density at radius 2 is 2.09 bits per heavy atom. The maximum absolute atomic E-state index is 13.4. The van der Waals surface area contributed by atoms with Crippen molar-refractivity contribution in [1.29, 1.82) is 0 Å². The summed E-state index contributed by atoms with van der Waals surface area (Å²) < 4.78 is 13.4. The number of hydrogen-bond donors (Lipinski definition) is 1. The molecule has 1 aromatic carbocycles. The maximum atomic E-state index is 13.4. The van der Waals surface area contributed by atoms with Crippen LogP contribution < -0.4 is 5.32 Å². The maximum Gasteiger partial charge on any atom is 0.222 e. The van der Waals surface area contributed by atoms with E-state index < -0.39 is 0 Å². The summed E-state index contributed by atoms with van der Waals surface area (Å²) in [5.41, 5.74) is 0.685. The lowest BCUT2D eigenvalue weighted by Crippen LogP contribution is -2.28. The molecule has 0 saturated carbocycles. The number of benzene rings is 1. The Morgan fingerprint density at radius 1 is 1.27 bits per heavy atom. The minimum atomic E-state index is -0.191. The molecule has 4 nitrogen and oxygen atoms in total. The Kier molecular flexibility index (Phi) is 6.37. The van der Waals surface area contributed by atoms with Gasteiger partial charge in [0, 0.05) is 32.5 Å². The lowest BCUT2D eigenvalue weighted by Gasteiger charge is -2.14. The zero-order chi connectivity index (χ0) is 15.8. The van der Waals surface area contributed by atoms with Crippen molar-refractivity contribution in [2.45, 2.75) is 38.5 Å². The molecule has 0 atom stereocenters. The van der Waals surface area contributed by atoms with E-state index in [0.29, 0.717) is 44.3 Å². The van der Waals surface area contributed by atoms with Gasteiger partial charge in [-0.3, -0.25) is 9.59 Å². The zero-order valence-corrected chi connectivity index (χ0v) is 12.8. The zero-order valence-electron chi connectivity index (χ0n) is 12.8. The van der Waals surface area contributed by atoms with Gasteiger partial charge in [0.1, 0.15) is 5.82 Å². The molecule has 1 aliphatic heterocycles. The van der Waals surface area contributed by atoms with Crippen molar-refractivity contribution < 1.29 is 14.0 Å². The fourth-order valence-electron chi connectivity index (χ4n) is 2.67. The molecule has 1 N–H and O–H groups in total. The number of amides is 2. The summed E-state index contributed by atoms with van der Waals surface area (Å²) >= 11 is 0. The highest BCUT2D eigenvalue weighted by Gasteiger charge is 2.19. The van der Waals surface area contributed by atoms with Gasteiger partial charge in [0.15, 0.2) is 0 Å². The number of carbonyl (C=O) groups excluding carboxylic acids is 2. The van der Waals surface area contributed by atoms with Crippen molar-refractivity contribution in [1.82, 2.24) is 10.2 Å². The number of likely N-dealkylation sites (tertiary alicyclic amines) is 1. The number of aryl methyl sites for hydroxylation is 1. The predicted molar refractivity (Wildman–Crippen MR) is 82.8 cm³/mol. The molecule has 0 unspecified atom stereocenters. The lowest BCUT2D eigenvalue weighted by atomic mass is 10.1. The standard InChI is InChI=1S/C17H23FN2O2/c18-15-8-2-1-6-14(15)7-3-11-19-16(21)9-4-12-20-13-5-10-17(20)22/h1-2,6,8H,3-5,7,9-13H2,(H,19,21). The summed E-state index contributed by atoms with van der Waals surface area (Å²) in [4.78, 5) is 24.9. The second kappa shape index (κ2) is 8.51. The molecule has 120 valence electrons. The molecule has 0 bridgehead atoms. The summed E-state index contributed by atoms with van der Waals surface area (Å²) in [6, 6.07) is 6.71. The number of carbonyl (C=O) groups is 2. The summed E-state index contributed by atoms with van der Waals surface area (Å²) in [5, 5.41) is 2.84. The highest BCUT2D eigenvalue weighted by molar-refractivity contribution is 5.78. The average molecular weight is 306 g/mol. The van der Waals surface area contributed by atoms with E-state index in [1.165, 1.54) is 6.07 Å². The van der Waals surface area contributed by atoms with Crippen LogP contribution in [0.5, 0.6) is 0 Å². The quantitative estimate of drug-likeness (QED) is 0.749. The third-order valence-corrected chi connectivity index (χ3v) is 3.91. The van der Waals surface area contributed by atoms with Gasteiger partial charge in [-0.1, -0.05) is 18.2 Å². The first-order valence-electron chi connectivity index (χ1n) is 7.94. The normalized spacial score (nSPS) is 14.4. The van der Waals surface area contributed by atoms with Crippen LogP contribution in [0.25, 0.3) is 0 Å². The van der Waals surface area contributed by atoms with E-state index in [9.17, 15) is 14.0 Å². The Balaban J connectivity index is 1.54. The Labute approximate surface area is 130 Å². The fraction of sp³-hybridized carbons (Fsp3) is 0.529. The van der Waals surface area contributed by atoms with E-state index in [-0.39, 0.29) is 17.6 Å². The van der Waals surface area contributed by atoms with Crippen molar-refractivity contribution >= 4 is 11.8 Å². The summed E-state index contributed by atoms with van der Waals surface area (Å²) in [6.07, 6.45) is 4.05. The smallest absolute Gasteiger partial charge is 0.222 e. The highest BCUT2D eigenvalue weighted by atomic mass is 19.1. The molecule has 0 aromatic heterocycles. The summed E-state index contributed by atoms with van der Waals surface area (Å²) in [7, 11) is 0. The number of rotatable bonds is 8. The molecule has 0 radical (unpaired) electrons. The molecule has 1 fully saturated rings. The van der Waals surface area contributed by atoms with E-state index in [1.807, 2.05) is 11.0 Å². The molecule has 5 heteroatoms. The first kappa shape index (κ1) is 16.5. The molecule has 1 saturated heterocycles. The van der Waals surface area contributed by atoms with Crippen LogP contribution in [0.2, 0.25) is 0 Å². The summed E-state index contributed by atoms with van der Waals surface area (Å²) in [6.45, 7) is 2.04. The number of nitrogens with one attached hydrogen (secondary N) is 1. The predicted octanol–water partition coefficient (Wildman–Crippen LogP) is 2.28. The molecule has 1 heterocycles. The molecule has 1 aromatic rings. The number of halogens is 1. The third-order valence-electron chi connectivity index (χ3n) is 3.91.